The lowest BCUT2D eigenvalue weighted by molar-refractivity contribution is -0.118. The molecule has 0 atom stereocenters. The number of carbonyl (C=O) groups excluding carboxylic acids is 2. The number of rotatable bonds is 7. The fourth-order valence-electron chi connectivity index (χ4n) is 2.70. The van der Waals surface area contributed by atoms with Crippen LogP contribution in [0, 0.1) is 17.1 Å². The van der Waals surface area contributed by atoms with Gasteiger partial charge in [-0.1, -0.05) is 12.1 Å². The van der Waals surface area contributed by atoms with Crippen molar-refractivity contribution in [3.63, 3.8) is 0 Å². The van der Waals surface area contributed by atoms with Gasteiger partial charge in [0, 0.05) is 23.0 Å². The van der Waals surface area contributed by atoms with Crippen LogP contribution < -0.4 is 20.1 Å². The highest BCUT2D eigenvalue weighted by molar-refractivity contribution is 6.05. The summed E-state index contributed by atoms with van der Waals surface area (Å²) in [6, 6.07) is 18.4. The molecule has 7 nitrogen and oxygen atoms in total. The highest BCUT2D eigenvalue weighted by Crippen LogP contribution is 2.27. The molecule has 0 aliphatic rings. The van der Waals surface area contributed by atoms with Gasteiger partial charge >= 0.3 is 0 Å². The average molecular weight is 419 g/mol. The van der Waals surface area contributed by atoms with Crippen molar-refractivity contribution in [2.45, 2.75) is 0 Å². The summed E-state index contributed by atoms with van der Waals surface area (Å²) in [6.45, 7) is -0.304. The third-order valence-electron chi connectivity index (χ3n) is 4.14. The molecule has 0 saturated carbocycles. The molecule has 2 N–H and O–H groups in total. The Labute approximate surface area is 178 Å². The number of benzene rings is 3. The van der Waals surface area contributed by atoms with Gasteiger partial charge in [-0.05, 0) is 48.5 Å². The minimum absolute atomic E-state index is 0.289. The van der Waals surface area contributed by atoms with Crippen molar-refractivity contribution < 1.29 is 23.5 Å². The second-order valence-corrected chi connectivity index (χ2v) is 6.36. The molecule has 3 aromatic rings. The number of ether oxygens (including phenoxy) is 2. The fourth-order valence-corrected chi connectivity index (χ4v) is 2.70. The first-order valence-electron chi connectivity index (χ1n) is 9.16. The molecule has 3 rings (SSSR count). The summed E-state index contributed by atoms with van der Waals surface area (Å²) in [5.41, 5.74) is 1.41. The molecule has 2 amide bonds. The monoisotopic (exact) mass is 419 g/mol. The van der Waals surface area contributed by atoms with Crippen molar-refractivity contribution in [3.8, 4) is 17.6 Å². The van der Waals surface area contributed by atoms with E-state index in [0.29, 0.717) is 28.4 Å². The predicted octanol–water partition coefficient (Wildman–Crippen LogP) is 3.98. The summed E-state index contributed by atoms with van der Waals surface area (Å²) in [5.74, 6) is -0.699. The Bertz CT molecular complexity index is 1160. The van der Waals surface area contributed by atoms with Crippen molar-refractivity contribution in [2.75, 3.05) is 24.4 Å². The number of anilines is 2. The molecule has 0 fully saturated rings. The summed E-state index contributed by atoms with van der Waals surface area (Å²) < 4.78 is 23.9. The van der Waals surface area contributed by atoms with E-state index in [9.17, 15) is 14.0 Å². The lowest BCUT2D eigenvalue weighted by atomic mass is 10.2. The first kappa shape index (κ1) is 21.3. The molecule has 0 aliphatic carbocycles. The largest absolute Gasteiger partial charge is 0.493 e. The van der Waals surface area contributed by atoms with Crippen molar-refractivity contribution in [3.05, 3.63) is 83.7 Å². The van der Waals surface area contributed by atoms with Gasteiger partial charge in [0.1, 0.15) is 5.82 Å². The second kappa shape index (κ2) is 9.89. The van der Waals surface area contributed by atoms with E-state index in [1.54, 1.807) is 36.4 Å². The Morgan fingerprint density at radius 1 is 0.968 bits per heavy atom. The Kier molecular flexibility index (Phi) is 6.81. The van der Waals surface area contributed by atoms with E-state index in [1.165, 1.54) is 37.4 Å². The number of carbonyl (C=O) groups is 2. The number of hydrogen-bond acceptors (Lipinski definition) is 5. The van der Waals surface area contributed by atoms with Gasteiger partial charge in [0.05, 0.1) is 18.7 Å². The van der Waals surface area contributed by atoms with Gasteiger partial charge in [-0.25, -0.2) is 4.39 Å². The molecule has 0 saturated heterocycles. The Balaban J connectivity index is 1.61. The number of nitriles is 1. The van der Waals surface area contributed by atoms with Crippen molar-refractivity contribution in [2.24, 2.45) is 0 Å². The summed E-state index contributed by atoms with van der Waals surface area (Å²) in [7, 11) is 1.43. The maximum absolute atomic E-state index is 13.3. The fraction of sp³-hybridized carbons (Fsp3) is 0.0870. The van der Waals surface area contributed by atoms with Crippen LogP contribution in [0.25, 0.3) is 0 Å². The minimum atomic E-state index is -0.460. The van der Waals surface area contributed by atoms with Crippen LogP contribution in [0.15, 0.2) is 66.7 Å². The third kappa shape index (κ3) is 5.81. The molecule has 0 bridgehead atoms. The van der Waals surface area contributed by atoms with Crippen molar-refractivity contribution in [1.29, 1.82) is 5.26 Å². The molecule has 156 valence electrons. The molecular weight excluding hydrogens is 401 g/mol. The normalized spacial score (nSPS) is 9.97. The van der Waals surface area contributed by atoms with Gasteiger partial charge in [-0.3, -0.25) is 9.59 Å². The van der Waals surface area contributed by atoms with Crippen LogP contribution in [0.4, 0.5) is 15.8 Å². The van der Waals surface area contributed by atoms with Crippen LogP contribution in [0.1, 0.15) is 15.9 Å². The molecule has 0 unspecified atom stereocenters. The van der Waals surface area contributed by atoms with Gasteiger partial charge in [0.2, 0.25) is 0 Å². The molecule has 0 aliphatic heterocycles. The highest BCUT2D eigenvalue weighted by atomic mass is 19.1. The van der Waals surface area contributed by atoms with E-state index in [2.05, 4.69) is 10.6 Å². The first-order chi connectivity index (χ1) is 15.0. The van der Waals surface area contributed by atoms with Gasteiger partial charge in [-0.15, -0.1) is 0 Å². The predicted molar refractivity (Wildman–Crippen MR) is 113 cm³/mol. The van der Waals surface area contributed by atoms with E-state index >= 15 is 0 Å². The molecule has 31 heavy (non-hydrogen) atoms. The summed E-state index contributed by atoms with van der Waals surface area (Å²) in [5, 5.41) is 14.2. The van der Waals surface area contributed by atoms with Crippen LogP contribution in [0.3, 0.4) is 0 Å². The number of nitrogens with zero attached hydrogens (tertiary/aromatic N) is 1. The standard InChI is InChI=1S/C23H18FN3O4/c1-30-21-10-15(13-25)8-9-20(21)31-14-22(28)26-18-6-2-4-16(11-18)23(29)27-19-7-3-5-17(24)12-19/h2-12H,14H2,1H3,(H,26,28)(H,27,29). The number of nitrogens with one attached hydrogen (secondary N) is 2. The molecule has 3 aromatic carbocycles. The maximum atomic E-state index is 13.3. The zero-order chi connectivity index (χ0) is 22.2. The lowest BCUT2D eigenvalue weighted by Gasteiger charge is -2.11. The van der Waals surface area contributed by atoms with Crippen LogP contribution in [0.5, 0.6) is 11.5 Å². The smallest absolute Gasteiger partial charge is 0.262 e. The second-order valence-electron chi connectivity index (χ2n) is 6.36. The molecule has 0 aromatic heterocycles. The maximum Gasteiger partial charge on any atom is 0.262 e. The SMILES string of the molecule is COc1cc(C#N)ccc1OCC(=O)Nc1cccc(C(=O)Nc2cccc(F)c2)c1. The molecule has 0 spiro atoms. The molecule has 0 radical (unpaired) electrons. The first-order valence-corrected chi connectivity index (χ1v) is 9.16. The topological polar surface area (TPSA) is 100 Å². The van der Waals surface area contributed by atoms with Gasteiger partial charge in [-0.2, -0.15) is 5.26 Å². The lowest BCUT2D eigenvalue weighted by Crippen LogP contribution is -2.20. The number of amides is 2. The van der Waals surface area contributed by atoms with Gasteiger partial charge in [0.25, 0.3) is 11.8 Å². The number of methoxy groups -OCH3 is 1. The summed E-state index contributed by atoms with van der Waals surface area (Å²) in [4.78, 5) is 24.6. The van der Waals surface area contributed by atoms with Crippen molar-refractivity contribution in [1.82, 2.24) is 0 Å². The molecular formula is C23H18FN3O4. The van der Waals surface area contributed by atoms with Crippen molar-refractivity contribution >= 4 is 23.2 Å². The molecule has 0 heterocycles. The third-order valence-corrected chi connectivity index (χ3v) is 4.14. The molecule has 8 heteroatoms. The van der Waals surface area contributed by atoms with E-state index in [1.807, 2.05) is 6.07 Å². The number of halogens is 1. The Morgan fingerprint density at radius 2 is 1.71 bits per heavy atom. The summed E-state index contributed by atoms with van der Waals surface area (Å²) >= 11 is 0. The Hall–Kier alpha value is -4.38. The minimum Gasteiger partial charge on any atom is -0.493 e. The van der Waals surface area contributed by atoms with E-state index in [0.717, 1.165) is 0 Å². The van der Waals surface area contributed by atoms with Crippen LogP contribution in [0.2, 0.25) is 0 Å². The van der Waals surface area contributed by atoms with E-state index < -0.39 is 17.6 Å². The zero-order valence-electron chi connectivity index (χ0n) is 16.5. The van der Waals surface area contributed by atoms with Crippen LogP contribution >= 0.6 is 0 Å². The Morgan fingerprint density at radius 3 is 2.42 bits per heavy atom. The number of hydrogen-bond donors (Lipinski definition) is 2. The van der Waals surface area contributed by atoms with Gasteiger partial charge < -0.3 is 20.1 Å². The van der Waals surface area contributed by atoms with E-state index in [-0.39, 0.29) is 12.2 Å². The van der Waals surface area contributed by atoms with Crippen LogP contribution in [-0.4, -0.2) is 25.5 Å². The van der Waals surface area contributed by atoms with E-state index in [4.69, 9.17) is 14.7 Å². The summed E-state index contributed by atoms with van der Waals surface area (Å²) in [6.07, 6.45) is 0. The van der Waals surface area contributed by atoms with Crippen LogP contribution in [-0.2, 0) is 4.79 Å². The zero-order valence-corrected chi connectivity index (χ0v) is 16.5. The quantitative estimate of drug-likeness (QED) is 0.603. The average Bonchev–Trinajstić information content (AvgIpc) is 2.77. The van der Waals surface area contributed by atoms with Gasteiger partial charge in [0.15, 0.2) is 18.1 Å². The highest BCUT2D eigenvalue weighted by Gasteiger charge is 2.11.